The van der Waals surface area contributed by atoms with Crippen molar-refractivity contribution in [2.45, 2.75) is 13.3 Å². The molecular weight excluding hydrogens is 237 g/mol. The second kappa shape index (κ2) is 4.40. The lowest BCUT2D eigenvalue weighted by atomic mass is 9.89. The van der Waals surface area contributed by atoms with Crippen molar-refractivity contribution in [3.8, 4) is 0 Å². The Balaban J connectivity index is 2.27. The highest BCUT2D eigenvalue weighted by Gasteiger charge is 2.50. The maximum Gasteiger partial charge on any atom is 0.321 e. The third kappa shape index (κ3) is 1.85. The van der Waals surface area contributed by atoms with Crippen LogP contribution in [0.3, 0.4) is 0 Å². The van der Waals surface area contributed by atoms with E-state index in [0.29, 0.717) is 18.7 Å². The first-order valence-electron chi connectivity index (χ1n) is 5.65. The van der Waals surface area contributed by atoms with Crippen LogP contribution in [0.5, 0.6) is 0 Å². The second-order valence-electron chi connectivity index (χ2n) is 4.51. The molecule has 0 aromatic heterocycles. The van der Waals surface area contributed by atoms with Gasteiger partial charge in [-0.1, -0.05) is 0 Å². The zero-order valence-electron chi connectivity index (χ0n) is 10.3. The number of hydrogen-bond donors (Lipinski definition) is 0. The van der Waals surface area contributed by atoms with E-state index < -0.39 is 11.4 Å². The molecule has 1 aliphatic rings. The molecule has 1 aromatic rings. The molecule has 0 unspecified atom stereocenters. The first-order valence-corrected chi connectivity index (χ1v) is 5.65. The monoisotopic (exact) mass is 251 g/mol. The predicted octanol–water partition coefficient (Wildman–Crippen LogP) is 1.74. The van der Waals surface area contributed by atoms with Crippen molar-refractivity contribution >= 4 is 17.6 Å². The quantitative estimate of drug-likeness (QED) is 0.594. The van der Waals surface area contributed by atoms with Gasteiger partial charge in [-0.05, 0) is 37.6 Å². The lowest BCUT2D eigenvalue weighted by Crippen LogP contribution is -2.39. The molecule has 2 rings (SSSR count). The van der Waals surface area contributed by atoms with Crippen molar-refractivity contribution in [1.29, 1.82) is 0 Å². The zero-order chi connectivity index (χ0) is 13.3. The van der Waals surface area contributed by atoms with Crippen molar-refractivity contribution < 1.29 is 18.7 Å². The Morgan fingerprint density at radius 1 is 1.39 bits per heavy atom. The third-order valence-corrected chi connectivity index (χ3v) is 3.33. The van der Waals surface area contributed by atoms with Crippen LogP contribution in [0.15, 0.2) is 24.3 Å². The standard InChI is InChI=1S/C13H14FNO3/c1-13(12(17)18-2)7-8-15(11(13)16)10-5-3-9(14)4-6-10/h3-6H,7-8H2,1-2H3/t13-/m0/s1. The normalized spacial score (nSPS) is 23.3. The van der Waals surface area contributed by atoms with Crippen LogP contribution in [0.1, 0.15) is 13.3 Å². The first-order chi connectivity index (χ1) is 8.49. The first kappa shape index (κ1) is 12.5. The fraction of sp³-hybridized carbons (Fsp3) is 0.385. The van der Waals surface area contributed by atoms with Gasteiger partial charge in [-0.2, -0.15) is 0 Å². The summed E-state index contributed by atoms with van der Waals surface area (Å²) in [6.07, 6.45) is 0.399. The molecule has 1 saturated heterocycles. The summed E-state index contributed by atoms with van der Waals surface area (Å²) >= 11 is 0. The molecule has 0 radical (unpaired) electrons. The number of amides is 1. The molecule has 1 amide bonds. The van der Waals surface area contributed by atoms with Crippen LogP contribution in [0.4, 0.5) is 10.1 Å². The molecule has 96 valence electrons. The number of anilines is 1. The van der Waals surface area contributed by atoms with Gasteiger partial charge in [0.2, 0.25) is 5.91 Å². The Labute approximate surface area is 104 Å². The Morgan fingerprint density at radius 2 is 2.00 bits per heavy atom. The summed E-state index contributed by atoms with van der Waals surface area (Å²) in [4.78, 5) is 25.4. The van der Waals surface area contributed by atoms with Gasteiger partial charge in [0.15, 0.2) is 0 Å². The lowest BCUT2D eigenvalue weighted by Gasteiger charge is -2.21. The Morgan fingerprint density at radius 3 is 2.56 bits per heavy atom. The maximum absolute atomic E-state index is 12.8. The highest BCUT2D eigenvalue weighted by Crippen LogP contribution is 2.35. The molecule has 18 heavy (non-hydrogen) atoms. The van der Waals surface area contributed by atoms with E-state index in [1.165, 1.54) is 36.3 Å². The van der Waals surface area contributed by atoms with Crippen LogP contribution in [-0.4, -0.2) is 25.5 Å². The summed E-state index contributed by atoms with van der Waals surface area (Å²) < 4.78 is 17.5. The predicted molar refractivity (Wildman–Crippen MR) is 63.5 cm³/mol. The van der Waals surface area contributed by atoms with E-state index >= 15 is 0 Å². The number of hydrogen-bond acceptors (Lipinski definition) is 3. The van der Waals surface area contributed by atoms with E-state index in [-0.39, 0.29) is 11.7 Å². The number of carbonyl (C=O) groups is 2. The maximum atomic E-state index is 12.8. The van der Waals surface area contributed by atoms with E-state index in [2.05, 4.69) is 4.74 Å². The van der Waals surface area contributed by atoms with Gasteiger partial charge in [-0.15, -0.1) is 0 Å². The summed E-state index contributed by atoms with van der Waals surface area (Å²) in [6.45, 7) is 2.00. The summed E-state index contributed by atoms with van der Waals surface area (Å²) in [7, 11) is 1.27. The van der Waals surface area contributed by atoms with Crippen molar-refractivity contribution in [2.75, 3.05) is 18.6 Å². The molecule has 1 atom stereocenters. The highest BCUT2D eigenvalue weighted by molar-refractivity contribution is 6.11. The van der Waals surface area contributed by atoms with Gasteiger partial charge in [0.05, 0.1) is 7.11 Å². The fourth-order valence-electron chi connectivity index (χ4n) is 2.12. The number of rotatable bonds is 2. The van der Waals surface area contributed by atoms with Crippen molar-refractivity contribution in [3.05, 3.63) is 30.1 Å². The Hall–Kier alpha value is -1.91. The molecule has 0 bridgehead atoms. The molecule has 1 aliphatic heterocycles. The van der Waals surface area contributed by atoms with Crippen LogP contribution in [0.25, 0.3) is 0 Å². The molecule has 0 saturated carbocycles. The second-order valence-corrected chi connectivity index (χ2v) is 4.51. The molecule has 5 heteroatoms. The van der Waals surface area contributed by atoms with E-state index in [0.717, 1.165) is 0 Å². The molecule has 4 nitrogen and oxygen atoms in total. The van der Waals surface area contributed by atoms with E-state index in [1.807, 2.05) is 0 Å². The van der Waals surface area contributed by atoms with Gasteiger partial charge in [0, 0.05) is 12.2 Å². The van der Waals surface area contributed by atoms with Crippen molar-refractivity contribution in [3.63, 3.8) is 0 Å². The summed E-state index contributed by atoms with van der Waals surface area (Å²) in [5.41, 5.74) is -0.544. The summed E-state index contributed by atoms with van der Waals surface area (Å²) in [5, 5.41) is 0. The molecule has 1 aromatic carbocycles. The zero-order valence-corrected chi connectivity index (χ0v) is 10.3. The van der Waals surface area contributed by atoms with Gasteiger partial charge in [-0.3, -0.25) is 9.59 Å². The van der Waals surface area contributed by atoms with Gasteiger partial charge >= 0.3 is 5.97 Å². The van der Waals surface area contributed by atoms with Crippen LogP contribution in [0, 0.1) is 11.2 Å². The number of methoxy groups -OCH3 is 1. The largest absolute Gasteiger partial charge is 0.468 e. The minimum absolute atomic E-state index is 0.305. The lowest BCUT2D eigenvalue weighted by molar-refractivity contribution is -0.155. The molecule has 1 heterocycles. The van der Waals surface area contributed by atoms with E-state index in [4.69, 9.17) is 0 Å². The number of benzene rings is 1. The smallest absolute Gasteiger partial charge is 0.321 e. The average molecular weight is 251 g/mol. The highest BCUT2D eigenvalue weighted by atomic mass is 19.1. The molecule has 0 N–H and O–H groups in total. The van der Waals surface area contributed by atoms with E-state index in [1.54, 1.807) is 6.92 Å². The number of halogens is 1. The summed E-state index contributed by atoms with van der Waals surface area (Å²) in [5.74, 6) is -1.20. The van der Waals surface area contributed by atoms with Gasteiger partial charge in [-0.25, -0.2) is 4.39 Å². The number of esters is 1. The number of carbonyl (C=O) groups excluding carboxylic acids is 2. The van der Waals surface area contributed by atoms with Gasteiger partial charge in [0.25, 0.3) is 0 Å². The number of ether oxygens (including phenoxy) is 1. The molecular formula is C13H14FNO3. The van der Waals surface area contributed by atoms with Crippen LogP contribution in [-0.2, 0) is 14.3 Å². The Bertz CT molecular complexity index is 486. The SMILES string of the molecule is COC(=O)[C@@]1(C)CCN(c2ccc(F)cc2)C1=O. The van der Waals surface area contributed by atoms with Crippen LogP contribution < -0.4 is 4.90 Å². The van der Waals surface area contributed by atoms with Gasteiger partial charge in [0.1, 0.15) is 11.2 Å². The van der Waals surface area contributed by atoms with Crippen LogP contribution in [0.2, 0.25) is 0 Å². The fourth-order valence-corrected chi connectivity index (χ4v) is 2.12. The topological polar surface area (TPSA) is 46.6 Å². The molecule has 0 spiro atoms. The third-order valence-electron chi connectivity index (χ3n) is 3.33. The average Bonchev–Trinajstić information content (AvgIpc) is 2.68. The van der Waals surface area contributed by atoms with Crippen molar-refractivity contribution in [1.82, 2.24) is 0 Å². The van der Waals surface area contributed by atoms with Crippen LogP contribution >= 0.6 is 0 Å². The minimum Gasteiger partial charge on any atom is -0.468 e. The van der Waals surface area contributed by atoms with E-state index in [9.17, 15) is 14.0 Å². The molecule has 0 aliphatic carbocycles. The summed E-state index contributed by atoms with van der Waals surface area (Å²) in [6, 6.07) is 5.62. The Kier molecular flexibility index (Phi) is 3.07. The number of nitrogens with zero attached hydrogens (tertiary/aromatic N) is 1. The minimum atomic E-state index is -1.14. The van der Waals surface area contributed by atoms with Gasteiger partial charge < -0.3 is 9.64 Å². The molecule has 1 fully saturated rings. The van der Waals surface area contributed by atoms with Crippen molar-refractivity contribution in [2.24, 2.45) is 5.41 Å².